The summed E-state index contributed by atoms with van der Waals surface area (Å²) >= 11 is 0. The molecule has 15 heteroatoms. The van der Waals surface area contributed by atoms with Gasteiger partial charge < -0.3 is 19.9 Å². The topological polar surface area (TPSA) is 82.2 Å². The first-order valence-electron chi connectivity index (χ1n) is 15.6. The van der Waals surface area contributed by atoms with Gasteiger partial charge in [-0.05, 0) is 67.5 Å². The maximum atomic E-state index is 13.8. The standard InChI is InChI=1S/C33H39F7N4O4/c1-19(2)18-48-30(46)41-25-11-7-21(8-12-25)29(45)44-16-27(20-5-9-24(34)10-6-20)28(17-44)43(4)31(47)42(3)26-14-22(32(35,36)37)13-23(15-26)33(38,39)40/h5-6,9-10,13-15,19,21,25,27-28H,7-8,11-12,16-18H2,1-4H3,(H,41,46)/t21?,25?,27-,28+/m0/s1. The largest absolute Gasteiger partial charge is 0.449 e. The maximum absolute atomic E-state index is 13.8. The number of likely N-dealkylation sites (tertiary alicyclic amines) is 1. The van der Waals surface area contributed by atoms with Crippen molar-refractivity contribution in [1.82, 2.24) is 15.1 Å². The molecule has 4 amide bonds. The van der Waals surface area contributed by atoms with Gasteiger partial charge in [0.1, 0.15) is 5.82 Å². The molecule has 1 aliphatic heterocycles. The number of urea groups is 1. The number of halogens is 7. The molecule has 1 saturated carbocycles. The Morgan fingerprint density at radius 1 is 0.896 bits per heavy atom. The second-order valence-corrected chi connectivity index (χ2v) is 12.9. The van der Waals surface area contributed by atoms with Gasteiger partial charge in [0.15, 0.2) is 0 Å². The molecule has 1 N–H and O–H groups in total. The van der Waals surface area contributed by atoms with Crippen LogP contribution in [0.3, 0.4) is 0 Å². The minimum absolute atomic E-state index is 0.0153. The molecule has 0 aromatic heterocycles. The molecule has 0 unspecified atom stereocenters. The molecule has 2 aromatic carbocycles. The number of nitrogens with zero attached hydrogens (tertiary/aromatic N) is 3. The number of amides is 4. The zero-order valence-electron chi connectivity index (χ0n) is 27.0. The number of rotatable bonds is 7. The van der Waals surface area contributed by atoms with E-state index in [2.05, 4.69) is 5.32 Å². The van der Waals surface area contributed by atoms with Crippen molar-refractivity contribution in [2.75, 3.05) is 38.7 Å². The highest BCUT2D eigenvalue weighted by atomic mass is 19.4. The molecule has 0 bridgehead atoms. The van der Waals surface area contributed by atoms with Crippen molar-refractivity contribution < 1.29 is 49.9 Å². The van der Waals surface area contributed by atoms with Crippen molar-refractivity contribution in [1.29, 1.82) is 0 Å². The van der Waals surface area contributed by atoms with Crippen molar-refractivity contribution in [3.63, 3.8) is 0 Å². The second-order valence-electron chi connectivity index (χ2n) is 12.9. The Morgan fingerprint density at radius 3 is 1.98 bits per heavy atom. The molecule has 0 spiro atoms. The number of hydrogen-bond acceptors (Lipinski definition) is 4. The molecule has 2 fully saturated rings. The van der Waals surface area contributed by atoms with Crippen LogP contribution in [0.4, 0.5) is 46.0 Å². The third kappa shape index (κ3) is 8.90. The molecule has 2 aliphatic rings. The van der Waals surface area contributed by atoms with E-state index in [0.717, 1.165) is 7.05 Å². The lowest BCUT2D eigenvalue weighted by Gasteiger charge is -2.33. The van der Waals surface area contributed by atoms with E-state index in [1.165, 1.54) is 36.2 Å². The van der Waals surface area contributed by atoms with Crippen molar-refractivity contribution in [2.24, 2.45) is 11.8 Å². The van der Waals surface area contributed by atoms with Crippen LogP contribution in [0.2, 0.25) is 0 Å². The molecule has 264 valence electrons. The number of hydrogen-bond donors (Lipinski definition) is 1. The summed E-state index contributed by atoms with van der Waals surface area (Å²) in [5.41, 5.74) is -3.13. The fraction of sp³-hybridized carbons (Fsp3) is 0.545. The van der Waals surface area contributed by atoms with Crippen molar-refractivity contribution >= 4 is 23.7 Å². The SMILES string of the molecule is CC(C)COC(=O)NC1CCC(C(=O)N2C[C@@H](N(C)C(=O)N(C)c3cc(C(F)(F)F)cc(C(F)(F)F)c3)[C@H](c3ccc(F)cc3)C2)CC1. The van der Waals surface area contributed by atoms with Crippen LogP contribution < -0.4 is 10.2 Å². The highest BCUT2D eigenvalue weighted by Crippen LogP contribution is 2.39. The van der Waals surface area contributed by atoms with Crippen LogP contribution >= 0.6 is 0 Å². The molecule has 2 aromatic rings. The summed E-state index contributed by atoms with van der Waals surface area (Å²) in [6.45, 7) is 4.31. The van der Waals surface area contributed by atoms with Gasteiger partial charge in [-0.25, -0.2) is 14.0 Å². The molecular weight excluding hydrogens is 649 g/mol. The molecule has 48 heavy (non-hydrogen) atoms. The zero-order chi connectivity index (χ0) is 35.6. The van der Waals surface area contributed by atoms with Gasteiger partial charge in [-0.15, -0.1) is 0 Å². The number of benzene rings is 2. The van der Waals surface area contributed by atoms with E-state index in [0.29, 0.717) is 48.3 Å². The Hall–Kier alpha value is -4.04. The van der Waals surface area contributed by atoms with Crippen LogP contribution in [0.5, 0.6) is 0 Å². The highest BCUT2D eigenvalue weighted by molar-refractivity contribution is 5.92. The van der Waals surface area contributed by atoms with Gasteiger partial charge in [0.25, 0.3) is 0 Å². The first-order chi connectivity index (χ1) is 22.3. The number of nitrogens with one attached hydrogen (secondary N) is 1. The van der Waals surface area contributed by atoms with E-state index in [9.17, 15) is 45.1 Å². The van der Waals surface area contributed by atoms with Crippen molar-refractivity contribution in [3.05, 3.63) is 65.0 Å². The predicted octanol–water partition coefficient (Wildman–Crippen LogP) is 7.29. The summed E-state index contributed by atoms with van der Waals surface area (Å²) in [5, 5.41) is 2.83. The summed E-state index contributed by atoms with van der Waals surface area (Å²) in [5.74, 6) is -1.39. The van der Waals surface area contributed by atoms with Crippen LogP contribution in [0, 0.1) is 17.7 Å². The van der Waals surface area contributed by atoms with E-state index < -0.39 is 59.1 Å². The van der Waals surface area contributed by atoms with Crippen LogP contribution in [0.25, 0.3) is 0 Å². The minimum atomic E-state index is -5.10. The molecule has 4 rings (SSSR count). The summed E-state index contributed by atoms with van der Waals surface area (Å²) < 4.78 is 100. The summed E-state index contributed by atoms with van der Waals surface area (Å²) in [6, 6.07) is 4.62. The van der Waals surface area contributed by atoms with E-state index >= 15 is 0 Å². The van der Waals surface area contributed by atoms with Crippen LogP contribution in [-0.2, 0) is 21.9 Å². The van der Waals surface area contributed by atoms with Crippen LogP contribution in [0.15, 0.2) is 42.5 Å². The quantitative estimate of drug-likeness (QED) is 0.310. The van der Waals surface area contributed by atoms with Gasteiger partial charge in [0, 0.05) is 50.7 Å². The third-order valence-corrected chi connectivity index (χ3v) is 8.89. The summed E-state index contributed by atoms with van der Waals surface area (Å²) in [4.78, 5) is 42.9. The average Bonchev–Trinajstić information content (AvgIpc) is 3.47. The number of anilines is 1. The normalized spacial score (nSPS) is 21.6. The summed E-state index contributed by atoms with van der Waals surface area (Å²) in [6.07, 6.45) is -8.63. The molecular formula is C33H39F7N4O4. The number of alkyl carbamates (subject to hydrolysis) is 1. The Kier molecular flexibility index (Phi) is 11.2. The van der Waals surface area contributed by atoms with E-state index in [-0.39, 0.29) is 49.5 Å². The molecule has 1 heterocycles. The summed E-state index contributed by atoms with van der Waals surface area (Å²) in [7, 11) is 2.44. The monoisotopic (exact) mass is 688 g/mol. The number of likely N-dealkylation sites (N-methyl/N-ethyl adjacent to an activating group) is 1. The van der Waals surface area contributed by atoms with Crippen LogP contribution in [0.1, 0.15) is 62.1 Å². The van der Waals surface area contributed by atoms with Gasteiger partial charge in [-0.1, -0.05) is 26.0 Å². The minimum Gasteiger partial charge on any atom is -0.449 e. The molecule has 0 radical (unpaired) electrons. The van der Waals surface area contributed by atoms with E-state index in [1.54, 1.807) is 4.90 Å². The van der Waals surface area contributed by atoms with Gasteiger partial charge in [-0.3, -0.25) is 9.69 Å². The lowest BCUT2D eigenvalue weighted by molar-refractivity contribution is -0.143. The number of alkyl halides is 6. The predicted molar refractivity (Wildman–Crippen MR) is 163 cm³/mol. The smallest absolute Gasteiger partial charge is 0.416 e. The van der Waals surface area contributed by atoms with Crippen molar-refractivity contribution in [2.45, 2.75) is 69.9 Å². The maximum Gasteiger partial charge on any atom is 0.416 e. The van der Waals surface area contributed by atoms with Gasteiger partial charge >= 0.3 is 24.5 Å². The lowest BCUT2D eigenvalue weighted by Crippen LogP contribution is -2.48. The Balaban J connectivity index is 1.51. The van der Waals surface area contributed by atoms with Crippen molar-refractivity contribution in [3.8, 4) is 0 Å². The Labute approximate surface area is 274 Å². The van der Waals surface area contributed by atoms with Crippen LogP contribution in [-0.4, -0.2) is 73.7 Å². The lowest BCUT2D eigenvalue weighted by atomic mass is 9.85. The Bertz CT molecular complexity index is 1430. The Morgan fingerprint density at radius 2 is 1.46 bits per heavy atom. The van der Waals surface area contributed by atoms with E-state index in [1.807, 2.05) is 13.8 Å². The van der Waals surface area contributed by atoms with Gasteiger partial charge in [0.05, 0.1) is 23.8 Å². The first kappa shape index (κ1) is 36.8. The average molecular weight is 689 g/mol. The first-order valence-corrected chi connectivity index (χ1v) is 15.6. The second kappa shape index (κ2) is 14.6. The fourth-order valence-electron chi connectivity index (χ4n) is 6.21. The fourth-order valence-corrected chi connectivity index (χ4v) is 6.21. The third-order valence-electron chi connectivity index (χ3n) is 8.89. The number of ether oxygens (including phenoxy) is 1. The molecule has 2 atom stereocenters. The van der Waals surface area contributed by atoms with E-state index in [4.69, 9.17) is 4.74 Å². The zero-order valence-corrected chi connectivity index (χ0v) is 27.0. The number of carbonyl (C=O) groups excluding carboxylic acids is 3. The molecule has 1 saturated heterocycles. The molecule has 1 aliphatic carbocycles. The highest BCUT2D eigenvalue weighted by Gasteiger charge is 2.43. The molecule has 8 nitrogen and oxygen atoms in total. The van der Waals surface area contributed by atoms with Gasteiger partial charge in [0.2, 0.25) is 5.91 Å². The van der Waals surface area contributed by atoms with Gasteiger partial charge in [-0.2, -0.15) is 26.3 Å². The number of carbonyl (C=O) groups is 3.